The van der Waals surface area contributed by atoms with Gasteiger partial charge >= 0.3 is 0 Å². The lowest BCUT2D eigenvalue weighted by Crippen LogP contribution is -2.25. The van der Waals surface area contributed by atoms with Crippen LogP contribution in [0.3, 0.4) is 0 Å². The normalized spacial score (nSPS) is 11.2. The number of hydrogen-bond acceptors (Lipinski definition) is 5. The first kappa shape index (κ1) is 22.4. The van der Waals surface area contributed by atoms with Crippen molar-refractivity contribution >= 4 is 17.8 Å². The molecule has 0 saturated heterocycles. The zero-order valence-electron chi connectivity index (χ0n) is 17.8. The van der Waals surface area contributed by atoms with Gasteiger partial charge in [0.25, 0.3) is 5.56 Å². The van der Waals surface area contributed by atoms with Crippen LogP contribution >= 0.6 is 11.6 Å². The standard InChI is InChI=1S/C25H23ClN4O3/c26-21-8-4-7-19(11-21)16-33-29-13-20-15-30(10-9-22-14-27-17-28-22)25(32)23(24(20)31)12-18-5-2-1-3-6-18/h1-8,11,13-15,17,31H,9-10,12,16H2,(H,27,28). The second kappa shape index (κ2) is 10.7. The highest BCUT2D eigenvalue weighted by Gasteiger charge is 2.15. The number of nitrogens with zero attached hydrogens (tertiary/aromatic N) is 3. The molecule has 0 saturated carbocycles. The van der Waals surface area contributed by atoms with Gasteiger partial charge < -0.3 is 19.5 Å². The zero-order valence-corrected chi connectivity index (χ0v) is 18.6. The molecular weight excluding hydrogens is 440 g/mol. The predicted molar refractivity (Wildman–Crippen MR) is 128 cm³/mol. The number of imidazole rings is 1. The summed E-state index contributed by atoms with van der Waals surface area (Å²) in [6.45, 7) is 0.654. The van der Waals surface area contributed by atoms with Crippen LogP contribution in [0.2, 0.25) is 5.02 Å². The van der Waals surface area contributed by atoms with Gasteiger partial charge in [0.1, 0.15) is 12.4 Å². The Hall–Kier alpha value is -3.84. The molecule has 7 nitrogen and oxygen atoms in total. The second-order valence-corrected chi connectivity index (χ2v) is 7.97. The molecule has 0 fully saturated rings. The van der Waals surface area contributed by atoms with Crippen LogP contribution in [0, 0.1) is 0 Å². The first-order chi connectivity index (χ1) is 16.1. The van der Waals surface area contributed by atoms with Crippen molar-refractivity contribution in [3.63, 3.8) is 0 Å². The van der Waals surface area contributed by atoms with E-state index in [4.69, 9.17) is 16.4 Å². The average molecular weight is 463 g/mol. The molecular formula is C25H23ClN4O3. The topological polar surface area (TPSA) is 92.5 Å². The largest absolute Gasteiger partial charge is 0.507 e. The minimum atomic E-state index is -0.243. The van der Waals surface area contributed by atoms with Crippen molar-refractivity contribution in [2.24, 2.45) is 5.16 Å². The molecule has 0 atom stereocenters. The van der Waals surface area contributed by atoms with Gasteiger partial charge in [-0.2, -0.15) is 0 Å². The lowest BCUT2D eigenvalue weighted by Gasteiger charge is -2.13. The number of benzene rings is 2. The molecule has 0 aliphatic heterocycles. The number of hydrogen-bond donors (Lipinski definition) is 2. The van der Waals surface area contributed by atoms with E-state index in [1.54, 1.807) is 35.4 Å². The maximum atomic E-state index is 13.1. The van der Waals surface area contributed by atoms with Gasteiger partial charge in [0.05, 0.1) is 23.7 Å². The van der Waals surface area contributed by atoms with Crippen molar-refractivity contribution in [1.82, 2.24) is 14.5 Å². The number of halogens is 1. The first-order valence-corrected chi connectivity index (χ1v) is 10.8. The van der Waals surface area contributed by atoms with Crippen LogP contribution in [0.4, 0.5) is 0 Å². The van der Waals surface area contributed by atoms with E-state index in [1.165, 1.54) is 6.21 Å². The van der Waals surface area contributed by atoms with Crippen molar-refractivity contribution in [3.05, 3.63) is 117 Å². The summed E-state index contributed by atoms with van der Waals surface area (Å²) in [4.78, 5) is 25.6. The fourth-order valence-corrected chi connectivity index (χ4v) is 3.66. The molecule has 2 aromatic heterocycles. The summed E-state index contributed by atoms with van der Waals surface area (Å²) in [6.07, 6.45) is 7.24. The number of pyridine rings is 1. The number of nitrogens with one attached hydrogen (secondary N) is 1. The maximum Gasteiger partial charge on any atom is 0.257 e. The smallest absolute Gasteiger partial charge is 0.257 e. The Morgan fingerprint density at radius 3 is 2.73 bits per heavy atom. The number of oxime groups is 1. The Labute approximate surface area is 196 Å². The van der Waals surface area contributed by atoms with Crippen LogP contribution in [0.5, 0.6) is 5.75 Å². The van der Waals surface area contributed by atoms with Crippen LogP contribution in [-0.2, 0) is 30.8 Å². The van der Waals surface area contributed by atoms with Gasteiger partial charge in [-0.05, 0) is 23.3 Å². The Bertz CT molecular complexity index is 1290. The SMILES string of the molecule is O=c1c(Cc2ccccc2)c(O)c(C=NOCc2cccc(Cl)c2)cn1CCc1cnc[nH]1. The Kier molecular flexibility index (Phi) is 7.22. The number of aromatic amines is 1. The number of aromatic nitrogens is 3. The highest BCUT2D eigenvalue weighted by atomic mass is 35.5. The molecule has 0 aliphatic carbocycles. The summed E-state index contributed by atoms with van der Waals surface area (Å²) in [5, 5.41) is 15.5. The van der Waals surface area contributed by atoms with Crippen molar-refractivity contribution in [2.75, 3.05) is 0 Å². The molecule has 0 unspecified atom stereocenters. The Balaban J connectivity index is 1.59. The zero-order chi connectivity index (χ0) is 23.0. The molecule has 2 N–H and O–H groups in total. The quantitative estimate of drug-likeness (QED) is 0.286. The first-order valence-electron chi connectivity index (χ1n) is 10.5. The molecule has 0 bridgehead atoms. The molecule has 8 heteroatoms. The molecule has 0 spiro atoms. The van der Waals surface area contributed by atoms with Crippen molar-refractivity contribution in [3.8, 4) is 5.75 Å². The Morgan fingerprint density at radius 1 is 1.15 bits per heavy atom. The summed E-state index contributed by atoms with van der Waals surface area (Å²) in [5.74, 6) is -0.100. The van der Waals surface area contributed by atoms with Crippen molar-refractivity contribution < 1.29 is 9.94 Å². The summed E-state index contributed by atoms with van der Waals surface area (Å²) in [7, 11) is 0. The van der Waals surface area contributed by atoms with E-state index in [-0.39, 0.29) is 17.9 Å². The average Bonchev–Trinajstić information content (AvgIpc) is 3.34. The lowest BCUT2D eigenvalue weighted by molar-refractivity contribution is 0.132. The van der Waals surface area contributed by atoms with Crippen LogP contribution in [0.25, 0.3) is 0 Å². The summed E-state index contributed by atoms with van der Waals surface area (Å²) < 4.78 is 1.58. The summed E-state index contributed by atoms with van der Waals surface area (Å²) in [6, 6.07) is 16.8. The third-order valence-electron chi connectivity index (χ3n) is 5.16. The Morgan fingerprint density at radius 2 is 1.97 bits per heavy atom. The third-order valence-corrected chi connectivity index (χ3v) is 5.40. The van der Waals surface area contributed by atoms with E-state index in [1.807, 2.05) is 42.5 Å². The summed E-state index contributed by atoms with van der Waals surface area (Å²) >= 11 is 5.99. The van der Waals surface area contributed by atoms with E-state index >= 15 is 0 Å². The molecule has 168 valence electrons. The van der Waals surface area contributed by atoms with Crippen LogP contribution in [0.15, 0.2) is 83.3 Å². The minimum absolute atomic E-state index is 0.100. The van der Waals surface area contributed by atoms with Gasteiger partial charge in [-0.25, -0.2) is 4.98 Å². The highest BCUT2D eigenvalue weighted by molar-refractivity contribution is 6.30. The summed E-state index contributed by atoms with van der Waals surface area (Å²) in [5.41, 5.74) is 3.18. The second-order valence-electron chi connectivity index (χ2n) is 7.54. The molecule has 0 aliphatic rings. The third kappa shape index (κ3) is 5.90. The van der Waals surface area contributed by atoms with E-state index < -0.39 is 0 Å². The minimum Gasteiger partial charge on any atom is -0.507 e. The van der Waals surface area contributed by atoms with Crippen LogP contribution in [-0.4, -0.2) is 25.9 Å². The van der Waals surface area contributed by atoms with Gasteiger partial charge in [-0.1, -0.05) is 59.2 Å². The predicted octanol–water partition coefficient (Wildman–Crippen LogP) is 4.31. The van der Waals surface area contributed by atoms with E-state index in [2.05, 4.69) is 15.1 Å². The molecule has 2 aromatic carbocycles. The lowest BCUT2D eigenvalue weighted by atomic mass is 10.0. The fraction of sp³-hybridized carbons (Fsp3) is 0.160. The van der Waals surface area contributed by atoms with E-state index in [0.29, 0.717) is 35.5 Å². The molecule has 4 aromatic rings. The van der Waals surface area contributed by atoms with Crippen molar-refractivity contribution in [1.29, 1.82) is 0 Å². The number of aromatic hydroxyl groups is 1. The van der Waals surface area contributed by atoms with Gasteiger partial charge in [0, 0.05) is 42.5 Å². The highest BCUT2D eigenvalue weighted by Crippen LogP contribution is 2.21. The van der Waals surface area contributed by atoms with Gasteiger partial charge in [0.2, 0.25) is 0 Å². The van der Waals surface area contributed by atoms with Gasteiger partial charge in [0.15, 0.2) is 0 Å². The van der Waals surface area contributed by atoms with E-state index in [0.717, 1.165) is 16.8 Å². The van der Waals surface area contributed by atoms with E-state index in [9.17, 15) is 9.90 Å². The number of H-pyrrole nitrogens is 1. The van der Waals surface area contributed by atoms with Gasteiger partial charge in [-0.15, -0.1) is 0 Å². The van der Waals surface area contributed by atoms with Gasteiger partial charge in [-0.3, -0.25) is 4.79 Å². The number of aryl methyl sites for hydroxylation is 2. The molecule has 0 radical (unpaired) electrons. The molecule has 33 heavy (non-hydrogen) atoms. The fourth-order valence-electron chi connectivity index (χ4n) is 3.45. The molecule has 0 amide bonds. The van der Waals surface area contributed by atoms with Crippen LogP contribution < -0.4 is 5.56 Å². The number of rotatable bonds is 9. The monoisotopic (exact) mass is 462 g/mol. The molecule has 4 rings (SSSR count). The van der Waals surface area contributed by atoms with Crippen LogP contribution in [0.1, 0.15) is 27.9 Å². The maximum absolute atomic E-state index is 13.1. The van der Waals surface area contributed by atoms with Crippen molar-refractivity contribution in [2.45, 2.75) is 26.0 Å². The molecule has 2 heterocycles.